The summed E-state index contributed by atoms with van der Waals surface area (Å²) < 4.78 is 106. The number of unbranched alkanes of at least 4 members (excludes halogenated alkanes) is 1. The Labute approximate surface area is 523 Å². The number of carbonyl (C=O) groups is 6. The zero-order valence-electron chi connectivity index (χ0n) is 53.4. The molecule has 0 saturated carbocycles. The molecule has 2 amide bonds. The van der Waals surface area contributed by atoms with Crippen molar-refractivity contribution in [3.8, 4) is 11.3 Å². The van der Waals surface area contributed by atoms with Crippen LogP contribution in [0.25, 0.3) is 11.3 Å². The van der Waals surface area contributed by atoms with Crippen molar-refractivity contribution in [3.63, 3.8) is 0 Å². The lowest BCUT2D eigenvalue weighted by Gasteiger charge is -2.50. The number of hydrogen-bond donors (Lipinski definition) is 1. The number of rotatable bonds is 18. The number of cyclic esters (lactones) is 1. The lowest BCUT2D eigenvalue weighted by atomic mass is 9.73. The zero-order valence-corrected chi connectivity index (χ0v) is 53.4. The number of fused-ring (bicyclic) bond motifs is 1. The molecule has 3 aromatic carbocycles. The predicted molar refractivity (Wildman–Crippen MR) is 320 cm³/mol. The monoisotopic (exact) mass is 1260 g/mol. The summed E-state index contributed by atoms with van der Waals surface area (Å²) in [4.78, 5) is 85.9. The van der Waals surface area contributed by atoms with E-state index in [1.165, 1.54) is 37.3 Å². The number of nitrogens with zero attached hydrogens (tertiary/aromatic N) is 4. The maximum atomic E-state index is 15.5. The number of anilines is 1. The normalized spacial score (nSPS) is 33.7. The number of hydrogen-bond acceptors (Lipinski definition) is 18. The SMILES string of the molecule is CC[C@H]1OC(=O)[C@H](C)[C@@H](O[C@H]2C[C@@](C)(OC)[C@@H](OC(=O)c3ccccc3)[C@H](C)O2)[C@H](C)[C@@H](O[C@@H]2O[C@H](C)C[C@H](C)[C@H]2OC(=O)c2ccccc2)[C@@](C)(OC)C[C@@H](C)C(=O)[C@H](C)[C@@H]2N(CCCCn3cc(-c4cccc(NC(=O)C(F)(F)F)c4)nn3)C(=O)O[C@@]21C. The number of halogens is 3. The van der Waals surface area contributed by atoms with Crippen LogP contribution in [0.15, 0.2) is 91.1 Å². The molecule has 1 aromatic heterocycles. The van der Waals surface area contributed by atoms with Crippen LogP contribution in [0.1, 0.15) is 135 Å². The van der Waals surface area contributed by atoms with E-state index in [-0.39, 0.29) is 49.3 Å². The van der Waals surface area contributed by atoms with Crippen LogP contribution in [0.3, 0.4) is 0 Å². The summed E-state index contributed by atoms with van der Waals surface area (Å²) in [6.07, 6.45) is -11.4. The fourth-order valence-corrected chi connectivity index (χ4v) is 13.6. The van der Waals surface area contributed by atoms with E-state index in [2.05, 4.69) is 10.3 Å². The Morgan fingerprint density at radius 2 is 1.37 bits per heavy atom. The molecular weight excluding hydrogens is 1180 g/mol. The highest BCUT2D eigenvalue weighted by molar-refractivity contribution is 5.95. The number of benzene rings is 3. The van der Waals surface area contributed by atoms with Gasteiger partial charge >= 0.3 is 36.1 Å². The van der Waals surface area contributed by atoms with Gasteiger partial charge in [-0.05, 0) is 110 Å². The van der Waals surface area contributed by atoms with Crippen LogP contribution in [0, 0.1) is 29.6 Å². The number of methoxy groups -OCH3 is 2. The second-order valence-electron chi connectivity index (χ2n) is 25.2. The van der Waals surface area contributed by atoms with Crippen LogP contribution in [-0.2, 0) is 68.3 Å². The van der Waals surface area contributed by atoms with E-state index in [4.69, 9.17) is 47.4 Å². The van der Waals surface area contributed by atoms with Gasteiger partial charge in [-0.3, -0.25) is 19.1 Å². The van der Waals surface area contributed by atoms with Crippen molar-refractivity contribution in [3.05, 3.63) is 102 Å². The van der Waals surface area contributed by atoms with Gasteiger partial charge in [-0.1, -0.05) is 88.4 Å². The summed E-state index contributed by atoms with van der Waals surface area (Å²) in [5.41, 5.74) is -2.87. The molecule has 5 heterocycles. The first-order valence-electron chi connectivity index (χ1n) is 30.9. The van der Waals surface area contributed by atoms with Crippen molar-refractivity contribution in [1.82, 2.24) is 19.9 Å². The molecule has 0 radical (unpaired) electrons. The maximum Gasteiger partial charge on any atom is 0.471 e. The Morgan fingerprint density at radius 1 is 0.744 bits per heavy atom. The van der Waals surface area contributed by atoms with Crippen molar-refractivity contribution in [1.29, 1.82) is 0 Å². The van der Waals surface area contributed by atoms with E-state index in [1.807, 2.05) is 26.1 Å². The number of carbonyl (C=O) groups excluding carboxylic acids is 6. The number of aromatic nitrogens is 3. The van der Waals surface area contributed by atoms with Gasteiger partial charge in [0, 0.05) is 68.7 Å². The molecule has 0 aliphatic carbocycles. The van der Waals surface area contributed by atoms with E-state index in [0.29, 0.717) is 48.2 Å². The average molecular weight is 1260 g/mol. The van der Waals surface area contributed by atoms with Gasteiger partial charge < -0.3 is 57.6 Å². The topological polar surface area (TPSA) is 241 Å². The fraction of sp³-hybridized carbons (Fsp3) is 0.606. The van der Waals surface area contributed by atoms with Crippen LogP contribution < -0.4 is 5.32 Å². The van der Waals surface area contributed by atoms with Crippen LogP contribution in [0.4, 0.5) is 23.7 Å². The molecule has 18 atom stereocenters. The van der Waals surface area contributed by atoms with Crippen LogP contribution in [-0.4, -0.2) is 161 Å². The third kappa shape index (κ3) is 15.4. The summed E-state index contributed by atoms with van der Waals surface area (Å²) in [5, 5.41) is 10.2. The first-order valence-corrected chi connectivity index (χ1v) is 30.9. The summed E-state index contributed by atoms with van der Waals surface area (Å²) in [7, 11) is 3.00. The molecular formula is C66H86F3N5O16. The molecule has 21 nitrogen and oxygen atoms in total. The Bertz CT molecular complexity index is 3140. The zero-order chi connectivity index (χ0) is 65.6. The van der Waals surface area contributed by atoms with E-state index >= 15 is 9.59 Å². The highest BCUT2D eigenvalue weighted by Crippen LogP contribution is 2.46. The van der Waals surface area contributed by atoms with E-state index < -0.39 is 132 Å². The van der Waals surface area contributed by atoms with Gasteiger partial charge in [-0.25, -0.2) is 14.4 Å². The number of nitrogens with one attached hydrogen (secondary N) is 1. The largest absolute Gasteiger partial charge is 0.471 e. The molecule has 0 bridgehead atoms. The third-order valence-corrected chi connectivity index (χ3v) is 18.4. The Kier molecular flexibility index (Phi) is 22.1. The molecule has 90 heavy (non-hydrogen) atoms. The van der Waals surface area contributed by atoms with Gasteiger partial charge in [0.05, 0.1) is 59.3 Å². The summed E-state index contributed by atoms with van der Waals surface area (Å²) in [5.74, 6) is -8.29. The van der Waals surface area contributed by atoms with Crippen molar-refractivity contribution in [2.45, 2.75) is 206 Å². The highest BCUT2D eigenvalue weighted by Gasteiger charge is 2.61. The molecule has 0 unspecified atom stereocenters. The molecule has 4 fully saturated rings. The second kappa shape index (κ2) is 28.8. The second-order valence-corrected chi connectivity index (χ2v) is 25.2. The number of ether oxygens (including phenoxy) is 10. The highest BCUT2D eigenvalue weighted by atomic mass is 19.4. The number of ketones is 1. The van der Waals surface area contributed by atoms with E-state index in [0.717, 1.165) is 0 Å². The molecule has 4 saturated heterocycles. The standard InChI is InChI=1S/C66H86F3N5O16/c1-14-49-65(11)54(74(62(80)90-65)31-22-21-30-73-36-48(71-72-73)46-28-23-29-47(33-46)70-61(79)66(67,68)69)40(5)51(75)38(3)34-63(9,81-12)55(89-60-52(37(2)32-39(4)83-60)87-58(77)44-24-17-15-18-25-44)41(6)53(42(7)57(76)85-49)86-50-35-64(10,82-13)56(43(8)84-50)88-59(78)45-26-19-16-20-27-45/h15-20,23-29,33,36-43,49-50,52-56,60H,14,21-22,30-32,34-35H2,1-13H3,(H,70,79)/t37-,38+,39+,40-,41-,42+,43-,49+,50-,52+,53-,54-,55+,56-,60-,63-,64+,65+/m0/s1. The van der Waals surface area contributed by atoms with Gasteiger partial charge in [0.2, 0.25) is 0 Å². The quantitative estimate of drug-likeness (QED) is 0.0553. The number of Topliss-reactive ketones (excluding diaryl/α,β-unsaturated/α-hetero) is 1. The molecule has 4 aromatic rings. The van der Waals surface area contributed by atoms with Crippen LogP contribution >= 0.6 is 0 Å². The maximum absolute atomic E-state index is 15.5. The van der Waals surface area contributed by atoms with Gasteiger partial charge in [0.1, 0.15) is 23.2 Å². The number of esters is 3. The Hall–Kier alpha value is -6.83. The van der Waals surface area contributed by atoms with Gasteiger partial charge in [-0.2, -0.15) is 13.2 Å². The minimum Gasteiger partial charge on any atom is -0.458 e. The van der Waals surface area contributed by atoms with E-state index in [1.54, 1.807) is 133 Å². The van der Waals surface area contributed by atoms with Gasteiger partial charge in [-0.15, -0.1) is 5.10 Å². The first-order chi connectivity index (χ1) is 42.5. The van der Waals surface area contributed by atoms with E-state index in [9.17, 15) is 32.3 Å². The molecule has 4 aliphatic heterocycles. The smallest absolute Gasteiger partial charge is 0.458 e. The molecule has 1 N–H and O–H groups in total. The number of aryl methyl sites for hydroxylation is 1. The predicted octanol–water partition coefficient (Wildman–Crippen LogP) is 10.6. The first kappa shape index (κ1) is 69.1. The minimum absolute atomic E-state index is 0.0107. The Morgan fingerprint density at radius 3 is 1.99 bits per heavy atom. The van der Waals surface area contributed by atoms with Crippen LogP contribution in [0.5, 0.6) is 0 Å². The van der Waals surface area contributed by atoms with Crippen molar-refractivity contribution in [2.24, 2.45) is 29.6 Å². The summed E-state index contributed by atoms with van der Waals surface area (Å²) in [6.45, 7) is 20.1. The third-order valence-electron chi connectivity index (χ3n) is 18.4. The summed E-state index contributed by atoms with van der Waals surface area (Å²) in [6, 6.07) is 21.9. The lowest BCUT2D eigenvalue weighted by molar-refractivity contribution is -0.318. The van der Waals surface area contributed by atoms with Crippen molar-refractivity contribution in [2.75, 3.05) is 26.1 Å². The van der Waals surface area contributed by atoms with Crippen molar-refractivity contribution >= 4 is 41.4 Å². The minimum atomic E-state index is -5.08. The number of amides is 2. The van der Waals surface area contributed by atoms with Gasteiger partial charge in [0.15, 0.2) is 30.4 Å². The fourth-order valence-electron chi connectivity index (χ4n) is 13.6. The molecule has 24 heteroatoms. The lowest BCUT2D eigenvalue weighted by Crippen LogP contribution is -2.61. The van der Waals surface area contributed by atoms with Crippen molar-refractivity contribution < 1.29 is 89.3 Å². The summed E-state index contributed by atoms with van der Waals surface area (Å²) >= 11 is 0. The Balaban J connectivity index is 1.11. The molecule has 4 aliphatic rings. The molecule has 492 valence electrons. The number of alkyl halides is 3. The molecule has 0 spiro atoms. The van der Waals surface area contributed by atoms with Gasteiger partial charge in [0.25, 0.3) is 0 Å². The molecule has 8 rings (SSSR count). The van der Waals surface area contributed by atoms with Crippen LogP contribution in [0.2, 0.25) is 0 Å². The average Bonchev–Trinajstić information content (AvgIpc) is 1.50.